The third-order valence-corrected chi connectivity index (χ3v) is 2.14. The second-order valence-corrected chi connectivity index (χ2v) is 3.22. The molecular formula is C11H14O4. The van der Waals surface area contributed by atoms with Crippen molar-refractivity contribution in [2.75, 3.05) is 6.61 Å². The van der Waals surface area contributed by atoms with E-state index in [1.54, 1.807) is 19.9 Å². The van der Waals surface area contributed by atoms with Gasteiger partial charge in [0.25, 0.3) is 0 Å². The van der Waals surface area contributed by atoms with Crippen molar-refractivity contribution in [3.8, 4) is 11.5 Å². The van der Waals surface area contributed by atoms with Crippen LogP contribution in [0.4, 0.5) is 0 Å². The van der Waals surface area contributed by atoms with Crippen molar-refractivity contribution >= 4 is 5.97 Å². The highest BCUT2D eigenvalue weighted by Gasteiger charge is 2.17. The SMILES string of the molecule is CCOC(=O)C(C)c1ccc(O)c(O)c1. The maximum absolute atomic E-state index is 11.4. The van der Waals surface area contributed by atoms with Gasteiger partial charge in [-0.2, -0.15) is 0 Å². The van der Waals surface area contributed by atoms with Gasteiger partial charge in [0.05, 0.1) is 12.5 Å². The van der Waals surface area contributed by atoms with Crippen molar-refractivity contribution in [1.29, 1.82) is 0 Å². The van der Waals surface area contributed by atoms with Crippen molar-refractivity contribution in [3.05, 3.63) is 23.8 Å². The number of aromatic hydroxyl groups is 2. The zero-order chi connectivity index (χ0) is 11.4. The molecule has 4 heteroatoms. The van der Waals surface area contributed by atoms with E-state index < -0.39 is 5.92 Å². The lowest BCUT2D eigenvalue weighted by Crippen LogP contribution is -2.12. The predicted molar refractivity (Wildman–Crippen MR) is 54.8 cm³/mol. The Hall–Kier alpha value is -1.71. The largest absolute Gasteiger partial charge is 0.504 e. The molecule has 1 unspecified atom stereocenters. The summed E-state index contributed by atoms with van der Waals surface area (Å²) in [7, 11) is 0. The topological polar surface area (TPSA) is 66.8 Å². The minimum atomic E-state index is -0.448. The smallest absolute Gasteiger partial charge is 0.313 e. The maximum Gasteiger partial charge on any atom is 0.313 e. The minimum absolute atomic E-state index is 0.199. The molecule has 0 aromatic heterocycles. The standard InChI is InChI=1S/C11H14O4/c1-3-15-11(14)7(2)8-4-5-9(12)10(13)6-8/h4-7,12-13H,3H2,1-2H3. The van der Waals surface area contributed by atoms with Crippen molar-refractivity contribution in [1.82, 2.24) is 0 Å². The molecule has 1 aromatic rings. The molecule has 0 aliphatic rings. The Balaban J connectivity index is 2.86. The Kier molecular flexibility index (Phi) is 3.55. The first kappa shape index (κ1) is 11.4. The number of hydrogen-bond acceptors (Lipinski definition) is 4. The fourth-order valence-corrected chi connectivity index (χ4v) is 1.21. The average Bonchev–Trinajstić information content (AvgIpc) is 2.21. The molecule has 1 atom stereocenters. The Bertz CT molecular complexity index is 360. The van der Waals surface area contributed by atoms with Gasteiger partial charge in [0.1, 0.15) is 0 Å². The Morgan fingerprint density at radius 1 is 1.40 bits per heavy atom. The molecule has 2 N–H and O–H groups in total. The third-order valence-electron chi connectivity index (χ3n) is 2.14. The molecule has 0 saturated carbocycles. The summed E-state index contributed by atoms with van der Waals surface area (Å²) >= 11 is 0. The highest BCUT2D eigenvalue weighted by molar-refractivity contribution is 5.77. The minimum Gasteiger partial charge on any atom is -0.504 e. The zero-order valence-electron chi connectivity index (χ0n) is 8.73. The van der Waals surface area contributed by atoms with Gasteiger partial charge in [0.2, 0.25) is 0 Å². The summed E-state index contributed by atoms with van der Waals surface area (Å²) in [6.45, 7) is 3.75. The van der Waals surface area contributed by atoms with Gasteiger partial charge in [-0.1, -0.05) is 6.07 Å². The number of phenols is 2. The average molecular weight is 210 g/mol. The number of hydrogen-bond donors (Lipinski definition) is 2. The molecule has 1 rings (SSSR count). The van der Waals surface area contributed by atoms with E-state index in [0.717, 1.165) is 0 Å². The molecule has 0 saturated heterocycles. The van der Waals surface area contributed by atoms with E-state index >= 15 is 0 Å². The van der Waals surface area contributed by atoms with E-state index in [1.807, 2.05) is 0 Å². The third kappa shape index (κ3) is 2.62. The molecule has 0 radical (unpaired) electrons. The molecule has 0 aliphatic carbocycles. The first-order valence-corrected chi connectivity index (χ1v) is 4.74. The summed E-state index contributed by atoms with van der Waals surface area (Å²) in [5, 5.41) is 18.4. The summed E-state index contributed by atoms with van der Waals surface area (Å²) in [6.07, 6.45) is 0. The van der Waals surface area contributed by atoms with Crippen LogP contribution in [0.25, 0.3) is 0 Å². The van der Waals surface area contributed by atoms with Gasteiger partial charge in [-0.15, -0.1) is 0 Å². The van der Waals surface area contributed by atoms with Crippen molar-refractivity contribution in [2.45, 2.75) is 19.8 Å². The number of ether oxygens (including phenoxy) is 1. The van der Waals surface area contributed by atoms with Crippen LogP contribution in [0, 0.1) is 0 Å². The van der Waals surface area contributed by atoms with Crippen LogP contribution in [-0.2, 0) is 9.53 Å². The Labute approximate surface area is 88.1 Å². The van der Waals surface area contributed by atoms with Crippen molar-refractivity contribution < 1.29 is 19.7 Å². The lowest BCUT2D eigenvalue weighted by atomic mass is 10.0. The van der Waals surface area contributed by atoms with E-state index in [4.69, 9.17) is 9.84 Å². The van der Waals surface area contributed by atoms with Crippen molar-refractivity contribution in [3.63, 3.8) is 0 Å². The van der Waals surface area contributed by atoms with Crippen LogP contribution in [0.2, 0.25) is 0 Å². The van der Waals surface area contributed by atoms with Gasteiger partial charge in [0, 0.05) is 0 Å². The zero-order valence-corrected chi connectivity index (χ0v) is 8.73. The number of benzene rings is 1. The number of esters is 1. The Morgan fingerprint density at radius 2 is 2.07 bits per heavy atom. The second kappa shape index (κ2) is 4.68. The van der Waals surface area contributed by atoms with Crippen LogP contribution in [0.1, 0.15) is 25.3 Å². The van der Waals surface area contributed by atoms with Gasteiger partial charge in [-0.25, -0.2) is 0 Å². The molecule has 82 valence electrons. The monoisotopic (exact) mass is 210 g/mol. The van der Waals surface area contributed by atoms with Gasteiger partial charge < -0.3 is 14.9 Å². The Morgan fingerprint density at radius 3 is 2.60 bits per heavy atom. The normalized spacial score (nSPS) is 12.1. The summed E-state index contributed by atoms with van der Waals surface area (Å²) in [6, 6.07) is 4.29. The van der Waals surface area contributed by atoms with E-state index in [1.165, 1.54) is 12.1 Å². The summed E-state index contributed by atoms with van der Waals surface area (Å²) in [5.74, 6) is -1.22. The molecule has 0 aliphatic heterocycles. The predicted octanol–water partition coefficient (Wildman–Crippen LogP) is 1.76. The number of phenolic OH excluding ortho intramolecular Hbond substituents is 2. The number of rotatable bonds is 3. The highest BCUT2D eigenvalue weighted by atomic mass is 16.5. The van der Waals surface area contributed by atoms with E-state index in [2.05, 4.69) is 0 Å². The molecule has 0 bridgehead atoms. The van der Waals surface area contributed by atoms with E-state index in [9.17, 15) is 9.90 Å². The quantitative estimate of drug-likeness (QED) is 0.589. The van der Waals surface area contributed by atoms with Crippen LogP contribution >= 0.6 is 0 Å². The van der Waals surface area contributed by atoms with Crippen molar-refractivity contribution in [2.24, 2.45) is 0 Å². The fourth-order valence-electron chi connectivity index (χ4n) is 1.21. The molecule has 0 fully saturated rings. The molecular weight excluding hydrogens is 196 g/mol. The van der Waals surface area contributed by atoms with Crippen LogP contribution in [-0.4, -0.2) is 22.8 Å². The summed E-state index contributed by atoms with van der Waals surface area (Å²) in [4.78, 5) is 11.4. The molecule has 0 amide bonds. The molecule has 1 aromatic carbocycles. The second-order valence-electron chi connectivity index (χ2n) is 3.22. The maximum atomic E-state index is 11.4. The first-order chi connectivity index (χ1) is 7.06. The first-order valence-electron chi connectivity index (χ1n) is 4.74. The van der Waals surface area contributed by atoms with Gasteiger partial charge >= 0.3 is 5.97 Å². The summed E-state index contributed by atoms with van der Waals surface area (Å²) in [5.41, 5.74) is 0.615. The highest BCUT2D eigenvalue weighted by Crippen LogP contribution is 2.28. The summed E-state index contributed by atoms with van der Waals surface area (Å²) < 4.78 is 4.85. The fraction of sp³-hybridized carbons (Fsp3) is 0.364. The molecule has 0 heterocycles. The van der Waals surface area contributed by atoms with Gasteiger partial charge in [0.15, 0.2) is 11.5 Å². The molecule has 0 spiro atoms. The lowest BCUT2D eigenvalue weighted by Gasteiger charge is -2.11. The van der Waals surface area contributed by atoms with Gasteiger partial charge in [-0.3, -0.25) is 4.79 Å². The van der Waals surface area contributed by atoms with E-state index in [0.29, 0.717) is 12.2 Å². The van der Waals surface area contributed by atoms with Crippen LogP contribution < -0.4 is 0 Å². The van der Waals surface area contributed by atoms with Crippen LogP contribution in [0.15, 0.2) is 18.2 Å². The molecule has 15 heavy (non-hydrogen) atoms. The number of carbonyl (C=O) groups excluding carboxylic acids is 1. The van der Waals surface area contributed by atoms with Gasteiger partial charge in [-0.05, 0) is 31.5 Å². The lowest BCUT2D eigenvalue weighted by molar-refractivity contribution is -0.144. The number of carbonyl (C=O) groups is 1. The molecule has 4 nitrogen and oxygen atoms in total. The van der Waals surface area contributed by atoms with Crippen LogP contribution in [0.5, 0.6) is 11.5 Å². The van der Waals surface area contributed by atoms with E-state index in [-0.39, 0.29) is 17.5 Å². The van der Waals surface area contributed by atoms with Crippen LogP contribution in [0.3, 0.4) is 0 Å².